The van der Waals surface area contributed by atoms with Crippen molar-refractivity contribution < 1.29 is 22.7 Å². The molecule has 0 radical (unpaired) electrons. The fourth-order valence-corrected chi connectivity index (χ4v) is 4.17. The fraction of sp³-hybridized carbons (Fsp3) is 0.364. The molecule has 8 nitrogen and oxygen atoms in total. The van der Waals surface area contributed by atoms with Gasteiger partial charge in [0.1, 0.15) is 5.75 Å². The lowest BCUT2D eigenvalue weighted by Crippen LogP contribution is -2.41. The molecule has 2 aromatic rings. The van der Waals surface area contributed by atoms with Gasteiger partial charge in [0.05, 0.1) is 17.9 Å². The van der Waals surface area contributed by atoms with Crippen molar-refractivity contribution >= 4 is 27.5 Å². The van der Waals surface area contributed by atoms with Gasteiger partial charge in [0.25, 0.3) is 15.9 Å². The number of hydrazine groups is 1. The average molecular weight is 446 g/mol. The molecule has 31 heavy (non-hydrogen) atoms. The monoisotopic (exact) mass is 445 g/mol. The number of fused-ring (bicyclic) bond motifs is 1. The first-order chi connectivity index (χ1) is 14.8. The number of unbranched alkanes of at least 4 members (excludes halogenated alkanes) is 3. The van der Waals surface area contributed by atoms with Crippen molar-refractivity contribution in [2.45, 2.75) is 43.9 Å². The zero-order chi connectivity index (χ0) is 22.4. The molecule has 0 saturated carbocycles. The summed E-state index contributed by atoms with van der Waals surface area (Å²) < 4.78 is 30.7. The van der Waals surface area contributed by atoms with Crippen molar-refractivity contribution in [1.29, 1.82) is 0 Å². The highest BCUT2D eigenvalue weighted by molar-refractivity contribution is 7.89. The highest BCUT2D eigenvalue weighted by Crippen LogP contribution is 2.29. The quantitative estimate of drug-likeness (QED) is 0.432. The SMILES string of the molecule is CCCCCCOc1ccc(C(=O)NNS(=O)(=O)c2ccc3c(c2)CC(=O)N3C)cc1. The maximum atomic E-state index is 12.5. The first-order valence-corrected chi connectivity index (χ1v) is 11.7. The summed E-state index contributed by atoms with van der Waals surface area (Å²) in [5.74, 6) is -0.0281. The van der Waals surface area contributed by atoms with E-state index in [1.54, 1.807) is 37.4 Å². The Hall–Kier alpha value is -2.91. The van der Waals surface area contributed by atoms with Gasteiger partial charge in [-0.25, -0.2) is 8.42 Å². The maximum Gasteiger partial charge on any atom is 0.266 e. The Balaban J connectivity index is 1.55. The Bertz CT molecular complexity index is 1050. The van der Waals surface area contributed by atoms with E-state index in [9.17, 15) is 18.0 Å². The Labute approximate surface area is 182 Å². The number of ether oxygens (including phenoxy) is 1. The molecule has 0 spiro atoms. The summed E-state index contributed by atoms with van der Waals surface area (Å²) in [6.07, 6.45) is 4.59. The molecule has 3 rings (SSSR count). The van der Waals surface area contributed by atoms with E-state index in [4.69, 9.17) is 4.74 Å². The number of carbonyl (C=O) groups excluding carboxylic acids is 2. The predicted octanol–water partition coefficient (Wildman–Crippen LogP) is 2.79. The van der Waals surface area contributed by atoms with E-state index >= 15 is 0 Å². The molecule has 1 aliphatic heterocycles. The molecule has 1 heterocycles. The van der Waals surface area contributed by atoms with Gasteiger partial charge in [-0.2, -0.15) is 0 Å². The van der Waals surface area contributed by atoms with E-state index < -0.39 is 15.9 Å². The van der Waals surface area contributed by atoms with Crippen LogP contribution >= 0.6 is 0 Å². The van der Waals surface area contributed by atoms with E-state index in [0.717, 1.165) is 19.3 Å². The summed E-state index contributed by atoms with van der Waals surface area (Å²) in [5.41, 5.74) is 3.82. The van der Waals surface area contributed by atoms with Crippen molar-refractivity contribution in [1.82, 2.24) is 10.3 Å². The van der Waals surface area contributed by atoms with Crippen LogP contribution in [0.5, 0.6) is 5.75 Å². The summed E-state index contributed by atoms with van der Waals surface area (Å²) in [7, 11) is -2.34. The Kier molecular flexibility index (Phi) is 7.29. The smallest absolute Gasteiger partial charge is 0.266 e. The van der Waals surface area contributed by atoms with Gasteiger partial charge in [-0.3, -0.25) is 15.0 Å². The largest absolute Gasteiger partial charge is 0.494 e. The predicted molar refractivity (Wildman–Crippen MR) is 117 cm³/mol. The molecule has 2 amide bonds. The highest BCUT2D eigenvalue weighted by atomic mass is 32.2. The Morgan fingerprint density at radius 2 is 1.84 bits per heavy atom. The maximum absolute atomic E-state index is 12.5. The number of anilines is 1. The lowest BCUT2D eigenvalue weighted by atomic mass is 10.2. The van der Waals surface area contributed by atoms with Crippen LogP contribution < -0.4 is 19.9 Å². The minimum absolute atomic E-state index is 0.0264. The number of benzene rings is 2. The molecule has 1 aliphatic rings. The summed E-state index contributed by atoms with van der Waals surface area (Å²) in [4.78, 5) is 27.6. The third-order valence-corrected chi connectivity index (χ3v) is 6.37. The number of carbonyl (C=O) groups is 2. The molecule has 2 aromatic carbocycles. The van der Waals surface area contributed by atoms with Crippen LogP contribution in [0, 0.1) is 0 Å². The average Bonchev–Trinajstić information content (AvgIpc) is 3.05. The van der Waals surface area contributed by atoms with Gasteiger partial charge in [0, 0.05) is 18.3 Å². The Morgan fingerprint density at radius 1 is 1.10 bits per heavy atom. The number of nitrogens with one attached hydrogen (secondary N) is 2. The van der Waals surface area contributed by atoms with Crippen molar-refractivity contribution in [3.05, 3.63) is 53.6 Å². The Morgan fingerprint density at radius 3 is 2.55 bits per heavy atom. The van der Waals surface area contributed by atoms with Crippen LogP contribution in [0.2, 0.25) is 0 Å². The molecule has 0 aromatic heterocycles. The lowest BCUT2D eigenvalue weighted by molar-refractivity contribution is -0.117. The molecular formula is C22H27N3O5S. The van der Waals surface area contributed by atoms with Crippen LogP contribution in [0.25, 0.3) is 0 Å². The third kappa shape index (κ3) is 5.62. The minimum atomic E-state index is -3.98. The molecule has 166 valence electrons. The van der Waals surface area contributed by atoms with Crippen LogP contribution in [0.15, 0.2) is 47.4 Å². The normalized spacial score (nSPS) is 13.2. The molecule has 2 N–H and O–H groups in total. The number of nitrogens with zero attached hydrogens (tertiary/aromatic N) is 1. The molecule has 0 fully saturated rings. The van der Waals surface area contributed by atoms with Crippen LogP contribution in [0.1, 0.15) is 48.5 Å². The second-order valence-electron chi connectivity index (χ2n) is 7.41. The highest BCUT2D eigenvalue weighted by Gasteiger charge is 2.26. The van der Waals surface area contributed by atoms with Crippen molar-refractivity contribution in [3.63, 3.8) is 0 Å². The zero-order valence-corrected chi connectivity index (χ0v) is 18.5. The van der Waals surface area contributed by atoms with E-state index in [1.807, 2.05) is 0 Å². The molecule has 0 unspecified atom stereocenters. The topological polar surface area (TPSA) is 105 Å². The summed E-state index contributed by atoms with van der Waals surface area (Å²) in [6.45, 7) is 2.77. The van der Waals surface area contributed by atoms with Crippen LogP contribution in [0.4, 0.5) is 5.69 Å². The van der Waals surface area contributed by atoms with Gasteiger partial charge < -0.3 is 9.64 Å². The van der Waals surface area contributed by atoms with Crippen molar-refractivity contribution in [2.24, 2.45) is 0 Å². The van der Waals surface area contributed by atoms with Crippen molar-refractivity contribution in [3.8, 4) is 5.75 Å². The van der Waals surface area contributed by atoms with E-state index in [2.05, 4.69) is 17.2 Å². The molecule has 9 heteroatoms. The second kappa shape index (κ2) is 9.93. The number of amides is 2. The van der Waals surface area contributed by atoms with E-state index in [-0.39, 0.29) is 17.2 Å². The number of sulfonamides is 1. The molecule has 0 aliphatic carbocycles. The van der Waals surface area contributed by atoms with Gasteiger partial charge in [0.2, 0.25) is 5.91 Å². The van der Waals surface area contributed by atoms with E-state index in [0.29, 0.717) is 29.2 Å². The summed E-state index contributed by atoms with van der Waals surface area (Å²) in [5, 5.41) is 0. The number of hydrogen-bond donors (Lipinski definition) is 2. The molecule has 0 bridgehead atoms. The molecule has 0 atom stereocenters. The van der Waals surface area contributed by atoms with Crippen LogP contribution in [-0.4, -0.2) is 33.9 Å². The van der Waals surface area contributed by atoms with Gasteiger partial charge in [-0.1, -0.05) is 26.2 Å². The standard InChI is InChI=1S/C22H27N3O5S/c1-3-4-5-6-13-30-18-9-7-16(8-10-18)22(27)23-24-31(28,29)19-11-12-20-17(14-19)15-21(26)25(20)2/h7-12,14,24H,3-6,13,15H2,1-2H3,(H,23,27). The van der Waals surface area contributed by atoms with Gasteiger partial charge >= 0.3 is 0 Å². The van der Waals surface area contributed by atoms with Crippen molar-refractivity contribution in [2.75, 3.05) is 18.6 Å². The number of hydrogen-bond acceptors (Lipinski definition) is 5. The summed E-state index contributed by atoms with van der Waals surface area (Å²) >= 11 is 0. The second-order valence-corrected chi connectivity index (χ2v) is 9.10. The van der Waals surface area contributed by atoms with Crippen LogP contribution in [-0.2, 0) is 21.2 Å². The summed E-state index contributed by atoms with van der Waals surface area (Å²) in [6, 6.07) is 10.9. The first-order valence-electron chi connectivity index (χ1n) is 10.3. The van der Waals surface area contributed by atoms with Crippen LogP contribution in [0.3, 0.4) is 0 Å². The minimum Gasteiger partial charge on any atom is -0.494 e. The van der Waals surface area contributed by atoms with Gasteiger partial charge in [0.15, 0.2) is 0 Å². The zero-order valence-electron chi connectivity index (χ0n) is 17.7. The van der Waals surface area contributed by atoms with E-state index in [1.165, 1.54) is 23.5 Å². The molecule has 0 saturated heterocycles. The fourth-order valence-electron chi connectivity index (χ4n) is 3.28. The van der Waals surface area contributed by atoms with Gasteiger partial charge in [-0.05, 0) is 54.4 Å². The number of rotatable bonds is 10. The lowest BCUT2D eigenvalue weighted by Gasteiger charge is -2.12. The van der Waals surface area contributed by atoms with Gasteiger partial charge in [-0.15, -0.1) is 4.83 Å². The number of likely N-dealkylation sites (N-methyl/N-ethyl adjacent to an activating group) is 1. The molecular weight excluding hydrogens is 418 g/mol. The first kappa shape index (κ1) is 22.8. The third-order valence-electron chi connectivity index (χ3n) is 5.12.